The van der Waals surface area contributed by atoms with Crippen LogP contribution in [0.15, 0.2) is 42.6 Å². The van der Waals surface area contributed by atoms with E-state index in [0.29, 0.717) is 29.0 Å². The van der Waals surface area contributed by atoms with Crippen LogP contribution >= 0.6 is 22.6 Å². The second-order valence-corrected chi connectivity index (χ2v) is 6.66. The zero-order valence-electron chi connectivity index (χ0n) is 13.3. The standard InChI is InChI=1S/C18H15IN2O4/c1-25-16-5-2-10(6-15(16)22)8-20-9-14-13-7-11(19)3-4-12(13)17(23)21-18(14)24/h2-7,9,20,22H,8H2,1H3,(H,21,23,24)/b14-9-. The summed E-state index contributed by atoms with van der Waals surface area (Å²) < 4.78 is 5.94. The van der Waals surface area contributed by atoms with E-state index in [1.165, 1.54) is 7.11 Å². The minimum absolute atomic E-state index is 0.0513. The molecule has 0 fully saturated rings. The first-order chi connectivity index (χ1) is 12.0. The summed E-state index contributed by atoms with van der Waals surface area (Å²) in [5.74, 6) is -0.385. The molecule has 0 aromatic heterocycles. The maximum atomic E-state index is 12.2. The third-order valence-corrected chi connectivity index (χ3v) is 4.45. The van der Waals surface area contributed by atoms with E-state index in [2.05, 4.69) is 33.2 Å². The first kappa shape index (κ1) is 17.3. The molecule has 1 aliphatic heterocycles. The number of benzene rings is 2. The Hall–Kier alpha value is -2.55. The number of carbonyl (C=O) groups excluding carboxylic acids is 2. The third kappa shape index (κ3) is 3.60. The van der Waals surface area contributed by atoms with Gasteiger partial charge in [-0.25, -0.2) is 0 Å². The van der Waals surface area contributed by atoms with Crippen LogP contribution in [0, 0.1) is 3.57 Å². The van der Waals surface area contributed by atoms with Crippen LogP contribution in [0.5, 0.6) is 11.5 Å². The Morgan fingerprint density at radius 2 is 1.96 bits per heavy atom. The second kappa shape index (κ2) is 7.14. The van der Waals surface area contributed by atoms with Gasteiger partial charge in [0.2, 0.25) is 0 Å². The molecule has 1 aliphatic rings. The monoisotopic (exact) mass is 450 g/mol. The van der Waals surface area contributed by atoms with Crippen LogP contribution in [0.2, 0.25) is 0 Å². The van der Waals surface area contributed by atoms with E-state index < -0.39 is 11.8 Å². The topological polar surface area (TPSA) is 87.7 Å². The van der Waals surface area contributed by atoms with Crippen molar-refractivity contribution in [3.63, 3.8) is 0 Å². The first-order valence-corrected chi connectivity index (χ1v) is 8.52. The molecule has 0 aliphatic carbocycles. The minimum atomic E-state index is -0.440. The van der Waals surface area contributed by atoms with Gasteiger partial charge in [-0.3, -0.25) is 14.9 Å². The van der Waals surface area contributed by atoms with E-state index in [1.54, 1.807) is 30.5 Å². The number of rotatable bonds is 4. The van der Waals surface area contributed by atoms with Gasteiger partial charge in [-0.1, -0.05) is 6.07 Å². The largest absolute Gasteiger partial charge is 0.504 e. The maximum absolute atomic E-state index is 12.2. The first-order valence-electron chi connectivity index (χ1n) is 7.44. The smallest absolute Gasteiger partial charge is 0.260 e. The van der Waals surface area contributed by atoms with Crippen molar-refractivity contribution < 1.29 is 19.4 Å². The third-order valence-electron chi connectivity index (χ3n) is 3.78. The number of aromatic hydroxyl groups is 1. The molecule has 25 heavy (non-hydrogen) atoms. The molecule has 6 nitrogen and oxygen atoms in total. The lowest BCUT2D eigenvalue weighted by Gasteiger charge is -2.18. The van der Waals surface area contributed by atoms with Gasteiger partial charge >= 0.3 is 0 Å². The van der Waals surface area contributed by atoms with Crippen LogP contribution in [0.25, 0.3) is 5.57 Å². The molecular weight excluding hydrogens is 435 g/mol. The van der Waals surface area contributed by atoms with Crippen LogP contribution in [-0.2, 0) is 11.3 Å². The molecule has 2 aromatic rings. The number of ether oxygens (including phenoxy) is 1. The number of imide groups is 1. The number of halogens is 1. The van der Waals surface area contributed by atoms with Crippen LogP contribution in [-0.4, -0.2) is 24.0 Å². The van der Waals surface area contributed by atoms with Gasteiger partial charge in [-0.2, -0.15) is 0 Å². The second-order valence-electron chi connectivity index (χ2n) is 5.42. The Kier molecular flexibility index (Phi) is 4.93. The fourth-order valence-electron chi connectivity index (χ4n) is 2.56. The van der Waals surface area contributed by atoms with Crippen LogP contribution < -0.4 is 15.4 Å². The Morgan fingerprint density at radius 1 is 1.16 bits per heavy atom. The highest BCUT2D eigenvalue weighted by atomic mass is 127. The lowest BCUT2D eigenvalue weighted by atomic mass is 9.95. The average molecular weight is 450 g/mol. The summed E-state index contributed by atoms with van der Waals surface area (Å²) in [5, 5.41) is 15.2. The number of carbonyl (C=O) groups is 2. The van der Waals surface area contributed by atoms with E-state index in [-0.39, 0.29) is 5.75 Å². The molecule has 0 radical (unpaired) electrons. The van der Waals surface area contributed by atoms with Gasteiger partial charge in [0, 0.05) is 27.4 Å². The van der Waals surface area contributed by atoms with E-state index in [1.807, 2.05) is 12.1 Å². The zero-order valence-corrected chi connectivity index (χ0v) is 15.5. The molecule has 0 bridgehead atoms. The highest BCUT2D eigenvalue weighted by Gasteiger charge is 2.27. The van der Waals surface area contributed by atoms with Crippen molar-refractivity contribution in [2.24, 2.45) is 0 Å². The van der Waals surface area contributed by atoms with E-state index in [9.17, 15) is 14.7 Å². The lowest BCUT2D eigenvalue weighted by Crippen LogP contribution is -2.37. The van der Waals surface area contributed by atoms with Crippen molar-refractivity contribution in [3.05, 3.63) is 62.9 Å². The molecule has 7 heteroatoms. The maximum Gasteiger partial charge on any atom is 0.260 e. The molecule has 3 rings (SSSR count). The Morgan fingerprint density at radius 3 is 2.68 bits per heavy atom. The summed E-state index contributed by atoms with van der Waals surface area (Å²) in [4.78, 5) is 24.1. The fourth-order valence-corrected chi connectivity index (χ4v) is 3.05. The van der Waals surface area contributed by atoms with Gasteiger partial charge in [0.15, 0.2) is 11.5 Å². The molecule has 0 spiro atoms. The summed E-state index contributed by atoms with van der Waals surface area (Å²) in [6.07, 6.45) is 1.58. The predicted octanol–water partition coefficient (Wildman–Crippen LogP) is 2.41. The number of phenolic OH excluding ortho intramolecular Hbond substituents is 1. The molecular formula is C18H15IN2O4. The Labute approximate surface area is 158 Å². The molecule has 0 saturated carbocycles. The Balaban J connectivity index is 1.83. The Bertz CT molecular complexity index is 893. The molecule has 0 saturated heterocycles. The quantitative estimate of drug-likeness (QED) is 0.379. The summed E-state index contributed by atoms with van der Waals surface area (Å²) in [7, 11) is 1.49. The number of nitrogens with one attached hydrogen (secondary N) is 2. The normalized spacial score (nSPS) is 14.9. The van der Waals surface area contributed by atoms with Crippen LogP contribution in [0.3, 0.4) is 0 Å². The van der Waals surface area contributed by atoms with Crippen molar-refractivity contribution in [1.29, 1.82) is 0 Å². The van der Waals surface area contributed by atoms with Gasteiger partial charge in [0.1, 0.15) is 0 Å². The molecule has 2 aromatic carbocycles. The molecule has 3 N–H and O–H groups in total. The van der Waals surface area contributed by atoms with E-state index in [0.717, 1.165) is 9.13 Å². The van der Waals surface area contributed by atoms with Crippen LogP contribution in [0.1, 0.15) is 21.5 Å². The summed E-state index contributed by atoms with van der Waals surface area (Å²) in [5.41, 5.74) is 2.29. The van der Waals surface area contributed by atoms with Gasteiger partial charge in [0.25, 0.3) is 11.8 Å². The van der Waals surface area contributed by atoms with Crippen LogP contribution in [0.4, 0.5) is 0 Å². The highest BCUT2D eigenvalue weighted by Crippen LogP contribution is 2.27. The number of fused-ring (bicyclic) bond motifs is 1. The summed E-state index contributed by atoms with van der Waals surface area (Å²) in [6, 6.07) is 10.4. The molecule has 0 atom stereocenters. The fraction of sp³-hybridized carbons (Fsp3) is 0.111. The summed E-state index contributed by atoms with van der Waals surface area (Å²) in [6.45, 7) is 0.404. The van der Waals surface area contributed by atoms with Gasteiger partial charge in [-0.15, -0.1) is 0 Å². The van der Waals surface area contributed by atoms with Crippen molar-refractivity contribution in [1.82, 2.24) is 10.6 Å². The van der Waals surface area contributed by atoms with Gasteiger partial charge < -0.3 is 15.2 Å². The predicted molar refractivity (Wildman–Crippen MR) is 101 cm³/mol. The van der Waals surface area contributed by atoms with Crippen molar-refractivity contribution in [3.8, 4) is 11.5 Å². The number of methoxy groups -OCH3 is 1. The number of hydrogen-bond donors (Lipinski definition) is 3. The van der Waals surface area contributed by atoms with Crippen molar-refractivity contribution in [2.75, 3.05) is 7.11 Å². The van der Waals surface area contributed by atoms with Gasteiger partial charge in [0.05, 0.1) is 12.7 Å². The molecule has 128 valence electrons. The SMILES string of the molecule is COc1ccc(CN/C=C2\C(=O)NC(=O)c3ccc(I)cc32)cc1O. The van der Waals surface area contributed by atoms with Crippen molar-refractivity contribution >= 4 is 40.0 Å². The van der Waals surface area contributed by atoms with Crippen molar-refractivity contribution in [2.45, 2.75) is 6.54 Å². The summed E-state index contributed by atoms with van der Waals surface area (Å²) >= 11 is 2.14. The molecule has 2 amide bonds. The number of phenols is 1. The molecule has 0 unspecified atom stereocenters. The van der Waals surface area contributed by atoms with Gasteiger partial charge in [-0.05, 0) is 58.5 Å². The zero-order chi connectivity index (χ0) is 18.0. The van der Waals surface area contributed by atoms with E-state index in [4.69, 9.17) is 4.74 Å². The molecule has 1 heterocycles. The van der Waals surface area contributed by atoms with E-state index >= 15 is 0 Å². The number of amides is 2. The number of hydrogen-bond acceptors (Lipinski definition) is 5. The average Bonchev–Trinajstić information content (AvgIpc) is 2.57. The highest BCUT2D eigenvalue weighted by molar-refractivity contribution is 14.1. The minimum Gasteiger partial charge on any atom is -0.504 e. The lowest BCUT2D eigenvalue weighted by molar-refractivity contribution is -0.114.